The predicted molar refractivity (Wildman–Crippen MR) is 202 cm³/mol. The Labute approximate surface area is 321 Å². The van der Waals surface area contributed by atoms with Crippen LogP contribution in [0, 0.1) is 5.92 Å². The van der Waals surface area contributed by atoms with Crippen molar-refractivity contribution in [2.24, 2.45) is 5.92 Å². The Morgan fingerprint density at radius 1 is 1.11 bits per heavy atom. The maximum Gasteiger partial charge on any atom is 0.408 e. The molecular formula is C40H51N5O9S. The summed E-state index contributed by atoms with van der Waals surface area (Å²) in [5, 5.41) is 6.72. The van der Waals surface area contributed by atoms with Crippen molar-refractivity contribution in [1.82, 2.24) is 24.8 Å². The van der Waals surface area contributed by atoms with Gasteiger partial charge in [-0.1, -0.05) is 31.9 Å². The van der Waals surface area contributed by atoms with Crippen LogP contribution in [-0.2, 0) is 42.0 Å². The standard InChI is InChI=1S/C40H51N5O9S/c1-6-28-32-26(27-20-25(52-5)14-15-29(27)41-28)16-17-38(53-32)22-31-33(46)43-40(35(48)45-39(18-19-39)55(45,50)51)21-24(40)12-10-8-7-9-11-13-30(34(47)44(31)23-38)42-36(49)54-37(2,3)4/h10,12,14-15,20,24,30-31H,6-9,11,13,16-19,21-23H2,1-5H3,(H,42,49)(H,43,46)/b12-10-/t24-,30+,31+,38-,40-,45?/m1/s1. The van der Waals surface area contributed by atoms with Crippen LogP contribution in [0.5, 0.6) is 11.5 Å². The van der Waals surface area contributed by atoms with Crippen molar-refractivity contribution in [3.63, 3.8) is 0 Å². The van der Waals surface area contributed by atoms with Crippen LogP contribution in [0.25, 0.3) is 10.9 Å². The fourth-order valence-electron chi connectivity index (χ4n) is 8.96. The van der Waals surface area contributed by atoms with E-state index >= 15 is 0 Å². The molecule has 2 spiro atoms. The van der Waals surface area contributed by atoms with E-state index in [0.717, 1.165) is 39.3 Å². The zero-order chi connectivity index (χ0) is 39.1. The monoisotopic (exact) mass is 777 g/mol. The summed E-state index contributed by atoms with van der Waals surface area (Å²) in [7, 11) is -2.13. The number of allylic oxidation sites excluding steroid dienone is 1. The minimum absolute atomic E-state index is 0.0586. The van der Waals surface area contributed by atoms with Crippen molar-refractivity contribution in [3.8, 4) is 11.5 Å². The van der Waals surface area contributed by atoms with Crippen LogP contribution < -0.4 is 20.1 Å². The van der Waals surface area contributed by atoms with Crippen LogP contribution in [0.3, 0.4) is 0 Å². The van der Waals surface area contributed by atoms with Crippen LogP contribution in [-0.4, -0.2) is 93.8 Å². The van der Waals surface area contributed by atoms with Crippen LogP contribution in [0.1, 0.15) is 103 Å². The number of ether oxygens (including phenoxy) is 3. The second-order valence-corrected chi connectivity index (χ2v) is 19.2. The van der Waals surface area contributed by atoms with Crippen LogP contribution >= 0.6 is 0 Å². The zero-order valence-corrected chi connectivity index (χ0v) is 33.1. The van der Waals surface area contributed by atoms with Gasteiger partial charge >= 0.3 is 6.09 Å². The first-order valence-corrected chi connectivity index (χ1v) is 21.1. The molecule has 1 aromatic heterocycles. The van der Waals surface area contributed by atoms with E-state index in [-0.39, 0.29) is 25.3 Å². The number of benzene rings is 1. The third kappa shape index (κ3) is 6.39. The highest BCUT2D eigenvalue weighted by molar-refractivity contribution is 7.98. The minimum Gasteiger partial charge on any atom is -0.497 e. The molecule has 4 fully saturated rings. The van der Waals surface area contributed by atoms with Crippen molar-refractivity contribution in [1.29, 1.82) is 0 Å². The summed E-state index contributed by atoms with van der Waals surface area (Å²) in [6.45, 7) is 7.30. The molecule has 5 atom stereocenters. The van der Waals surface area contributed by atoms with Gasteiger partial charge in [0.15, 0.2) is 4.87 Å². The number of hydrogen-bond donors (Lipinski definition) is 2. The highest BCUT2D eigenvalue weighted by Gasteiger charge is 2.83. The molecule has 2 aliphatic carbocycles. The molecule has 4 aliphatic heterocycles. The number of nitrogens with zero attached hydrogens (tertiary/aromatic N) is 3. The summed E-state index contributed by atoms with van der Waals surface area (Å²) in [6.07, 6.45) is 9.29. The number of carbonyl (C=O) groups excluding carboxylic acids is 4. The lowest BCUT2D eigenvalue weighted by molar-refractivity contribution is -0.142. The quantitative estimate of drug-likeness (QED) is 0.334. The Kier molecular flexibility index (Phi) is 8.93. The molecule has 6 aliphatic rings. The second kappa shape index (κ2) is 13.1. The van der Waals surface area contributed by atoms with Gasteiger partial charge in [0.05, 0.1) is 24.9 Å². The van der Waals surface area contributed by atoms with Gasteiger partial charge in [-0.2, -0.15) is 0 Å². The van der Waals surface area contributed by atoms with Gasteiger partial charge in [-0.05, 0) is 96.8 Å². The number of alkyl carbamates (subject to hydrolysis) is 1. The number of aryl methyl sites for hydroxylation is 2. The molecule has 0 bridgehead atoms. The van der Waals surface area contributed by atoms with Gasteiger partial charge in [0, 0.05) is 23.3 Å². The van der Waals surface area contributed by atoms with E-state index < -0.39 is 67.5 Å². The Hall–Kier alpha value is -4.40. The molecule has 296 valence electrons. The van der Waals surface area contributed by atoms with Crippen LogP contribution in [0.15, 0.2) is 30.4 Å². The van der Waals surface area contributed by atoms with Crippen LogP contribution in [0.2, 0.25) is 0 Å². The van der Waals surface area contributed by atoms with Gasteiger partial charge in [-0.15, -0.1) is 0 Å². The molecule has 1 aromatic carbocycles. The molecule has 4 amide bonds. The van der Waals surface area contributed by atoms with E-state index in [4.69, 9.17) is 19.2 Å². The number of amides is 4. The first-order valence-electron chi connectivity index (χ1n) is 19.6. The number of aromatic nitrogens is 1. The molecule has 55 heavy (non-hydrogen) atoms. The molecule has 5 heterocycles. The molecule has 2 saturated carbocycles. The van der Waals surface area contributed by atoms with Gasteiger partial charge < -0.3 is 29.7 Å². The lowest BCUT2D eigenvalue weighted by Crippen LogP contribution is -2.57. The van der Waals surface area contributed by atoms with E-state index in [2.05, 4.69) is 10.6 Å². The zero-order valence-electron chi connectivity index (χ0n) is 32.2. The van der Waals surface area contributed by atoms with Crippen molar-refractivity contribution in [2.75, 3.05) is 13.7 Å². The van der Waals surface area contributed by atoms with Crippen LogP contribution in [0.4, 0.5) is 4.79 Å². The fraction of sp³-hybridized carbons (Fsp3) is 0.625. The predicted octanol–water partition coefficient (Wildman–Crippen LogP) is 4.42. The topological polar surface area (TPSA) is 173 Å². The van der Waals surface area contributed by atoms with Crippen molar-refractivity contribution >= 4 is 44.7 Å². The van der Waals surface area contributed by atoms with Crippen molar-refractivity contribution in [3.05, 3.63) is 41.6 Å². The van der Waals surface area contributed by atoms with Gasteiger partial charge in [0.2, 0.25) is 11.8 Å². The van der Waals surface area contributed by atoms with Gasteiger partial charge in [-0.25, -0.2) is 22.5 Å². The lowest BCUT2D eigenvalue weighted by atomic mass is 9.87. The molecular weight excluding hydrogens is 727 g/mol. The summed E-state index contributed by atoms with van der Waals surface area (Å²) in [6, 6.07) is 3.69. The van der Waals surface area contributed by atoms with Gasteiger partial charge in [0.25, 0.3) is 15.9 Å². The summed E-state index contributed by atoms with van der Waals surface area (Å²) in [5.74, 6) is -0.678. The number of nitrogens with one attached hydrogen (secondary N) is 2. The third-order valence-electron chi connectivity index (χ3n) is 12.2. The largest absolute Gasteiger partial charge is 0.497 e. The highest BCUT2D eigenvalue weighted by atomic mass is 32.2. The van der Waals surface area contributed by atoms with E-state index in [0.29, 0.717) is 62.9 Å². The lowest BCUT2D eigenvalue weighted by Gasteiger charge is -2.37. The Balaban J connectivity index is 1.16. The van der Waals surface area contributed by atoms with E-state index in [9.17, 15) is 27.6 Å². The summed E-state index contributed by atoms with van der Waals surface area (Å²) in [4.78, 5) is 62.1. The fourth-order valence-corrected chi connectivity index (χ4v) is 11.1. The SMILES string of the molecule is CCc1nc2ccc(OC)cc2c2c1O[C@]1(CC2)C[C@H]2C(=O)N[C@]3(C(=O)N4C5(CC5)S4(=O)=O)C[C@H]3/C=C\CCCCC[C@H](NC(=O)OC(C)(C)C)C(=O)N2C1. The smallest absolute Gasteiger partial charge is 0.408 e. The highest BCUT2D eigenvalue weighted by Crippen LogP contribution is 2.64. The van der Waals surface area contributed by atoms with Crippen molar-refractivity contribution in [2.45, 2.75) is 138 Å². The van der Waals surface area contributed by atoms with E-state index in [1.165, 1.54) is 4.90 Å². The number of rotatable bonds is 4. The average Bonchev–Trinajstić information content (AvgIpc) is 4.08. The normalized spacial score (nSPS) is 31.2. The van der Waals surface area contributed by atoms with E-state index in [1.807, 2.05) is 37.3 Å². The van der Waals surface area contributed by atoms with Gasteiger partial charge in [0.1, 0.15) is 40.3 Å². The molecule has 2 aromatic rings. The molecule has 2 N–H and O–H groups in total. The Morgan fingerprint density at radius 3 is 2.58 bits per heavy atom. The molecule has 8 rings (SSSR count). The van der Waals surface area contributed by atoms with E-state index in [1.54, 1.807) is 27.9 Å². The number of methoxy groups -OCH3 is 1. The number of pyridine rings is 1. The molecule has 0 unspecified atom stereocenters. The summed E-state index contributed by atoms with van der Waals surface area (Å²) < 4.78 is 45.0. The van der Waals surface area contributed by atoms with Gasteiger partial charge in [-0.3, -0.25) is 14.4 Å². The summed E-state index contributed by atoms with van der Waals surface area (Å²) >= 11 is 0. The molecule has 14 nitrogen and oxygen atoms in total. The summed E-state index contributed by atoms with van der Waals surface area (Å²) in [5.41, 5.74) is -0.642. The maximum absolute atomic E-state index is 14.8. The third-order valence-corrected chi connectivity index (χ3v) is 14.5. The number of fused-ring (bicyclic) bond motifs is 5. The maximum atomic E-state index is 14.8. The minimum atomic E-state index is -3.75. The first kappa shape index (κ1) is 37.5. The molecule has 2 saturated heterocycles. The molecule has 15 heteroatoms. The average molecular weight is 778 g/mol. The Morgan fingerprint density at radius 2 is 1.89 bits per heavy atom. The van der Waals surface area contributed by atoms with Crippen molar-refractivity contribution < 1.29 is 41.8 Å². The Bertz CT molecular complexity index is 2110. The molecule has 0 radical (unpaired) electrons. The number of hydrogen-bond acceptors (Lipinski definition) is 10. The number of sulfonamides is 1. The first-order chi connectivity index (χ1) is 26.1. The number of carbonyl (C=O) groups is 4. The second-order valence-electron chi connectivity index (χ2n) is 17.1.